The summed E-state index contributed by atoms with van der Waals surface area (Å²) in [7, 11) is 0. The molecular formula is C46H34BNO. The van der Waals surface area contributed by atoms with Crippen LogP contribution in [0.3, 0.4) is 0 Å². The van der Waals surface area contributed by atoms with Crippen LogP contribution in [0.4, 0.5) is 17.1 Å². The molecule has 0 saturated heterocycles. The van der Waals surface area contributed by atoms with Gasteiger partial charge in [0, 0.05) is 27.7 Å². The Bertz CT molecular complexity index is 2610. The predicted octanol–water partition coefficient (Wildman–Crippen LogP) is 10.5. The monoisotopic (exact) mass is 627 g/mol. The van der Waals surface area contributed by atoms with E-state index in [0.717, 1.165) is 21.9 Å². The molecule has 0 atom stereocenters. The summed E-state index contributed by atoms with van der Waals surface area (Å²) in [6.45, 7) is 7.06. The van der Waals surface area contributed by atoms with E-state index in [1.54, 1.807) is 0 Å². The van der Waals surface area contributed by atoms with Gasteiger partial charge in [0.15, 0.2) is 0 Å². The minimum absolute atomic E-state index is 0.0157. The van der Waals surface area contributed by atoms with Crippen molar-refractivity contribution in [2.75, 3.05) is 4.90 Å². The van der Waals surface area contributed by atoms with Crippen LogP contribution < -0.4 is 21.3 Å². The highest BCUT2D eigenvalue weighted by atomic mass is 16.3. The molecule has 0 N–H and O–H groups in total. The van der Waals surface area contributed by atoms with Gasteiger partial charge in [0.2, 0.25) is 6.71 Å². The lowest BCUT2D eigenvalue weighted by Crippen LogP contribution is -2.54. The number of furan rings is 1. The van der Waals surface area contributed by atoms with E-state index < -0.39 is 0 Å². The quantitative estimate of drug-likeness (QED) is 0.181. The molecule has 3 heterocycles. The van der Waals surface area contributed by atoms with Crippen LogP contribution in [0.25, 0.3) is 55.3 Å². The number of rotatable bonds is 3. The maximum Gasteiger partial charge on any atom is 0.248 e. The zero-order chi connectivity index (χ0) is 32.9. The Labute approximate surface area is 287 Å². The van der Waals surface area contributed by atoms with Crippen molar-refractivity contribution >= 4 is 62.1 Å². The van der Waals surface area contributed by atoms with Crippen molar-refractivity contribution in [3.8, 4) is 33.4 Å². The Morgan fingerprint density at radius 1 is 0.490 bits per heavy atom. The van der Waals surface area contributed by atoms with E-state index >= 15 is 0 Å². The van der Waals surface area contributed by atoms with Crippen molar-refractivity contribution in [1.82, 2.24) is 0 Å². The molecule has 2 aliphatic heterocycles. The Balaban J connectivity index is 1.31. The van der Waals surface area contributed by atoms with Gasteiger partial charge >= 0.3 is 0 Å². The summed E-state index contributed by atoms with van der Waals surface area (Å²) in [5.74, 6) is 0. The van der Waals surface area contributed by atoms with Crippen LogP contribution >= 0.6 is 0 Å². The molecule has 2 nitrogen and oxygen atoms in total. The Kier molecular flexibility index (Phi) is 5.96. The van der Waals surface area contributed by atoms with Gasteiger partial charge in [-0.15, -0.1) is 0 Å². The number of fused-ring (bicyclic) bond motifs is 8. The van der Waals surface area contributed by atoms with Crippen LogP contribution in [0.5, 0.6) is 0 Å². The summed E-state index contributed by atoms with van der Waals surface area (Å²) in [5.41, 5.74) is 18.4. The van der Waals surface area contributed by atoms with Crippen molar-refractivity contribution in [2.24, 2.45) is 0 Å². The number of hydrogen-bond donors (Lipinski definition) is 0. The highest BCUT2D eigenvalue weighted by Crippen LogP contribution is 2.47. The lowest BCUT2D eigenvalue weighted by atomic mass is 9.37. The summed E-state index contributed by atoms with van der Waals surface area (Å²) in [5, 5.41) is 2.31. The molecule has 3 heteroatoms. The van der Waals surface area contributed by atoms with Gasteiger partial charge in [-0.1, -0.05) is 135 Å². The first kappa shape index (κ1) is 28.2. The molecule has 0 amide bonds. The van der Waals surface area contributed by atoms with Gasteiger partial charge in [-0.2, -0.15) is 0 Å². The second-order valence-corrected chi connectivity index (χ2v) is 14.5. The maximum absolute atomic E-state index is 6.38. The number of benzene rings is 7. The molecule has 0 spiro atoms. The van der Waals surface area contributed by atoms with Gasteiger partial charge < -0.3 is 9.32 Å². The SMILES string of the molecule is CC(C)(C)c1ccc(N2c3ccccc3B3c4ccccc4-c4cc(-c5cccc6oc7ccccc7c56)cc2c43)c(-c2ccccc2)c1. The third kappa shape index (κ3) is 4.15. The van der Waals surface area contributed by atoms with E-state index in [2.05, 4.69) is 171 Å². The van der Waals surface area contributed by atoms with E-state index in [4.69, 9.17) is 4.42 Å². The molecule has 0 aliphatic carbocycles. The predicted molar refractivity (Wildman–Crippen MR) is 208 cm³/mol. The zero-order valence-electron chi connectivity index (χ0n) is 27.9. The molecule has 232 valence electrons. The molecule has 1 aromatic heterocycles. The van der Waals surface area contributed by atoms with Gasteiger partial charge in [-0.05, 0) is 92.2 Å². The van der Waals surface area contributed by atoms with Crippen molar-refractivity contribution in [3.63, 3.8) is 0 Å². The van der Waals surface area contributed by atoms with E-state index in [1.807, 2.05) is 6.07 Å². The highest BCUT2D eigenvalue weighted by molar-refractivity contribution is 7.01. The van der Waals surface area contributed by atoms with Crippen molar-refractivity contribution in [2.45, 2.75) is 26.2 Å². The second-order valence-electron chi connectivity index (χ2n) is 14.5. The topological polar surface area (TPSA) is 16.4 Å². The highest BCUT2D eigenvalue weighted by Gasteiger charge is 2.43. The molecule has 49 heavy (non-hydrogen) atoms. The minimum atomic E-state index is 0.0157. The van der Waals surface area contributed by atoms with Crippen molar-refractivity contribution in [1.29, 1.82) is 0 Å². The van der Waals surface area contributed by atoms with Crippen molar-refractivity contribution in [3.05, 3.63) is 157 Å². The van der Waals surface area contributed by atoms with E-state index in [-0.39, 0.29) is 12.1 Å². The third-order valence-electron chi connectivity index (χ3n) is 10.6. The Hall–Kier alpha value is -5.80. The standard InChI is InChI=1S/C46H34BNO/c1-46(2,3)31-24-25-39(35(28-31)29-14-5-4-6-15-29)48-40-21-11-10-20-38(40)47-37-19-9-7-16-33(37)36-26-30(27-41(48)45(36)47)32-18-13-23-43-44(32)34-17-8-12-22-42(34)49-43/h4-28H,1-3H3. The maximum atomic E-state index is 6.38. The van der Waals surface area contributed by atoms with Crippen molar-refractivity contribution < 1.29 is 4.42 Å². The average molecular weight is 628 g/mol. The molecule has 7 aromatic carbocycles. The minimum Gasteiger partial charge on any atom is -0.456 e. The average Bonchev–Trinajstić information content (AvgIpc) is 3.68. The summed E-state index contributed by atoms with van der Waals surface area (Å²) >= 11 is 0. The molecule has 8 aromatic rings. The Morgan fingerprint density at radius 2 is 1.20 bits per heavy atom. The first-order valence-corrected chi connectivity index (χ1v) is 17.2. The third-order valence-corrected chi connectivity index (χ3v) is 10.6. The second kappa shape index (κ2) is 10.4. The molecule has 0 radical (unpaired) electrons. The first-order valence-electron chi connectivity index (χ1n) is 17.2. The summed E-state index contributed by atoms with van der Waals surface area (Å²) in [6.07, 6.45) is 0. The van der Waals surface area contributed by atoms with Crippen LogP contribution in [0, 0.1) is 0 Å². The van der Waals surface area contributed by atoms with E-state index in [0.29, 0.717) is 0 Å². The zero-order valence-corrected chi connectivity index (χ0v) is 27.9. The lowest BCUT2D eigenvalue weighted by Gasteiger charge is -2.37. The van der Waals surface area contributed by atoms with E-state index in [9.17, 15) is 0 Å². The van der Waals surface area contributed by atoms with Gasteiger partial charge in [0.1, 0.15) is 11.2 Å². The smallest absolute Gasteiger partial charge is 0.248 e. The molecule has 0 saturated carbocycles. The molecule has 2 aliphatic rings. The van der Waals surface area contributed by atoms with Crippen LogP contribution in [-0.4, -0.2) is 6.71 Å². The molecule has 0 bridgehead atoms. The van der Waals surface area contributed by atoms with E-state index in [1.165, 1.54) is 72.4 Å². The molecule has 0 unspecified atom stereocenters. The normalized spacial score (nSPS) is 13.1. The molecule has 10 rings (SSSR count). The van der Waals surface area contributed by atoms with Gasteiger partial charge in [0.05, 0.1) is 5.69 Å². The van der Waals surface area contributed by atoms with Crippen LogP contribution in [0.15, 0.2) is 156 Å². The van der Waals surface area contributed by atoms with Crippen LogP contribution in [-0.2, 0) is 5.41 Å². The fraction of sp³-hybridized carbons (Fsp3) is 0.0870. The van der Waals surface area contributed by atoms with Crippen LogP contribution in [0.2, 0.25) is 0 Å². The Morgan fingerprint density at radius 3 is 2.06 bits per heavy atom. The largest absolute Gasteiger partial charge is 0.456 e. The number of nitrogens with zero attached hydrogens (tertiary/aromatic N) is 1. The number of hydrogen-bond acceptors (Lipinski definition) is 2. The van der Waals surface area contributed by atoms with Gasteiger partial charge in [0.25, 0.3) is 0 Å². The summed E-state index contributed by atoms with van der Waals surface area (Å²) in [6, 6.07) is 55.7. The van der Waals surface area contributed by atoms with Crippen LogP contribution in [0.1, 0.15) is 26.3 Å². The molecule has 0 fully saturated rings. The fourth-order valence-corrected chi connectivity index (χ4v) is 8.36. The molecular weight excluding hydrogens is 593 g/mol. The number of para-hydroxylation sites is 2. The number of anilines is 3. The van der Waals surface area contributed by atoms with Gasteiger partial charge in [-0.25, -0.2) is 0 Å². The van der Waals surface area contributed by atoms with Gasteiger partial charge in [-0.3, -0.25) is 0 Å². The first-order chi connectivity index (χ1) is 24.0. The fourth-order valence-electron chi connectivity index (χ4n) is 8.36. The summed E-state index contributed by atoms with van der Waals surface area (Å²) < 4.78 is 6.38. The summed E-state index contributed by atoms with van der Waals surface area (Å²) in [4.78, 5) is 2.54. The lowest BCUT2D eigenvalue weighted by molar-refractivity contribution is 0.590.